The summed E-state index contributed by atoms with van der Waals surface area (Å²) >= 11 is 0. The minimum absolute atomic E-state index is 0.355. The Morgan fingerprint density at radius 1 is 1.32 bits per heavy atom. The Labute approximate surface area is 113 Å². The van der Waals surface area contributed by atoms with Crippen molar-refractivity contribution in [2.45, 2.75) is 26.3 Å². The quantitative estimate of drug-likeness (QED) is 0.896. The van der Waals surface area contributed by atoms with Crippen LogP contribution >= 0.6 is 0 Å². The number of rotatable bonds is 5. The lowest BCUT2D eigenvalue weighted by atomic mass is 10.1. The van der Waals surface area contributed by atoms with Crippen LogP contribution in [0.1, 0.15) is 26.7 Å². The monoisotopic (exact) mass is 261 g/mol. The third kappa shape index (κ3) is 2.76. The average Bonchev–Trinajstić information content (AvgIpc) is 2.90. The molecule has 0 unspecified atom stereocenters. The van der Waals surface area contributed by atoms with Gasteiger partial charge in [0.2, 0.25) is 11.7 Å². The molecular formula is C14H19N3O2. The lowest BCUT2D eigenvalue weighted by molar-refractivity contribution is 0.281. The summed E-state index contributed by atoms with van der Waals surface area (Å²) in [4.78, 5) is 4.45. The van der Waals surface area contributed by atoms with E-state index in [0.717, 1.165) is 11.3 Å². The molecule has 0 radical (unpaired) electrons. The van der Waals surface area contributed by atoms with E-state index in [1.54, 1.807) is 0 Å². The molecule has 0 saturated carbocycles. The van der Waals surface area contributed by atoms with Gasteiger partial charge in [-0.3, -0.25) is 0 Å². The van der Waals surface area contributed by atoms with Crippen LogP contribution in [-0.2, 0) is 5.54 Å². The van der Waals surface area contributed by atoms with Crippen molar-refractivity contribution in [1.29, 1.82) is 0 Å². The van der Waals surface area contributed by atoms with Crippen LogP contribution in [0.5, 0.6) is 5.75 Å². The first-order valence-electron chi connectivity index (χ1n) is 6.33. The summed E-state index contributed by atoms with van der Waals surface area (Å²) in [6.45, 7) is 6.52. The van der Waals surface area contributed by atoms with Gasteiger partial charge in [0.1, 0.15) is 5.75 Å². The number of ether oxygens (including phenoxy) is 1. The Balaban J connectivity index is 2.38. The summed E-state index contributed by atoms with van der Waals surface area (Å²) in [5.41, 5.74) is 0.484. The van der Waals surface area contributed by atoms with Crippen molar-refractivity contribution in [3.05, 3.63) is 30.2 Å². The van der Waals surface area contributed by atoms with Crippen molar-refractivity contribution < 1.29 is 9.26 Å². The highest BCUT2D eigenvalue weighted by atomic mass is 16.5. The molecule has 102 valence electrons. The second-order valence-electron chi connectivity index (χ2n) is 4.73. The third-order valence-corrected chi connectivity index (χ3v) is 3.01. The van der Waals surface area contributed by atoms with Gasteiger partial charge in [-0.25, -0.2) is 0 Å². The molecule has 1 heterocycles. The molecule has 2 aromatic rings. The fraction of sp³-hybridized carbons (Fsp3) is 0.429. The lowest BCUT2D eigenvalue weighted by Gasteiger charge is -2.17. The molecule has 0 aliphatic heterocycles. The van der Waals surface area contributed by atoms with Crippen LogP contribution in [0.15, 0.2) is 28.8 Å². The predicted molar refractivity (Wildman–Crippen MR) is 73.0 cm³/mol. The molecule has 0 amide bonds. The molecule has 19 heavy (non-hydrogen) atoms. The molecule has 5 heteroatoms. The first kappa shape index (κ1) is 13.5. The molecule has 0 fully saturated rings. The molecular weight excluding hydrogens is 242 g/mol. The van der Waals surface area contributed by atoms with E-state index in [1.165, 1.54) is 0 Å². The maximum absolute atomic E-state index is 5.58. The topological polar surface area (TPSA) is 60.2 Å². The van der Waals surface area contributed by atoms with Crippen molar-refractivity contribution in [2.75, 3.05) is 13.7 Å². The number of hydrogen-bond acceptors (Lipinski definition) is 5. The van der Waals surface area contributed by atoms with E-state index in [4.69, 9.17) is 9.26 Å². The molecule has 1 aromatic heterocycles. The molecule has 0 spiro atoms. The molecule has 0 atom stereocenters. The molecule has 1 N–H and O–H groups in total. The van der Waals surface area contributed by atoms with Crippen LogP contribution in [0.25, 0.3) is 11.4 Å². The van der Waals surface area contributed by atoms with Crippen molar-refractivity contribution >= 4 is 0 Å². The van der Waals surface area contributed by atoms with Crippen LogP contribution in [0.2, 0.25) is 0 Å². The van der Waals surface area contributed by atoms with Crippen molar-refractivity contribution in [1.82, 2.24) is 15.5 Å². The van der Waals surface area contributed by atoms with E-state index in [0.29, 0.717) is 18.3 Å². The molecule has 5 nitrogen and oxygen atoms in total. The number of aromatic nitrogens is 2. The first-order chi connectivity index (χ1) is 9.08. The molecule has 2 rings (SSSR count). The van der Waals surface area contributed by atoms with E-state index in [-0.39, 0.29) is 5.54 Å². The van der Waals surface area contributed by atoms with E-state index in [9.17, 15) is 0 Å². The number of nitrogens with one attached hydrogen (secondary N) is 1. The normalized spacial score (nSPS) is 11.6. The summed E-state index contributed by atoms with van der Waals surface area (Å²) in [5, 5.41) is 7.17. The van der Waals surface area contributed by atoms with Gasteiger partial charge in [-0.15, -0.1) is 0 Å². The number of hydrogen-bond donors (Lipinski definition) is 1. The minimum Gasteiger partial charge on any atom is -0.493 e. The largest absolute Gasteiger partial charge is 0.493 e. The Kier molecular flexibility index (Phi) is 3.85. The van der Waals surface area contributed by atoms with Gasteiger partial charge in [-0.1, -0.05) is 17.3 Å². The summed E-state index contributed by atoms with van der Waals surface area (Å²) in [5.74, 6) is 1.86. The van der Waals surface area contributed by atoms with Crippen LogP contribution < -0.4 is 10.1 Å². The lowest BCUT2D eigenvalue weighted by Crippen LogP contribution is -2.33. The summed E-state index contributed by atoms with van der Waals surface area (Å²) in [6.07, 6.45) is 0. The predicted octanol–water partition coefficient (Wildman–Crippen LogP) is 2.59. The second kappa shape index (κ2) is 5.40. The van der Waals surface area contributed by atoms with Gasteiger partial charge in [0.25, 0.3) is 0 Å². The Morgan fingerprint density at radius 2 is 2.05 bits per heavy atom. The summed E-state index contributed by atoms with van der Waals surface area (Å²) in [6, 6.07) is 7.67. The van der Waals surface area contributed by atoms with E-state index in [2.05, 4.69) is 15.5 Å². The van der Waals surface area contributed by atoms with Crippen molar-refractivity contribution in [2.24, 2.45) is 0 Å². The Morgan fingerprint density at radius 3 is 2.74 bits per heavy atom. The van der Waals surface area contributed by atoms with Gasteiger partial charge >= 0.3 is 0 Å². The molecule has 1 aromatic carbocycles. The van der Waals surface area contributed by atoms with Crippen LogP contribution in [-0.4, -0.2) is 23.8 Å². The number of para-hydroxylation sites is 1. The molecule has 0 aliphatic rings. The highest BCUT2D eigenvalue weighted by Crippen LogP contribution is 2.29. The van der Waals surface area contributed by atoms with E-state index in [1.807, 2.05) is 52.1 Å². The fourth-order valence-electron chi connectivity index (χ4n) is 1.63. The minimum atomic E-state index is -0.355. The highest BCUT2D eigenvalue weighted by Gasteiger charge is 2.26. The van der Waals surface area contributed by atoms with Gasteiger partial charge in [-0.2, -0.15) is 4.98 Å². The number of nitrogens with zero attached hydrogens (tertiary/aromatic N) is 2. The van der Waals surface area contributed by atoms with Crippen LogP contribution in [0.4, 0.5) is 0 Å². The third-order valence-electron chi connectivity index (χ3n) is 3.01. The van der Waals surface area contributed by atoms with Gasteiger partial charge < -0.3 is 14.6 Å². The van der Waals surface area contributed by atoms with Gasteiger partial charge in [0.05, 0.1) is 17.7 Å². The fourth-order valence-corrected chi connectivity index (χ4v) is 1.63. The smallest absolute Gasteiger partial charge is 0.246 e. The SMILES string of the molecule is CCOc1ccccc1-c1noc(C(C)(C)NC)n1. The Bertz CT molecular complexity index is 549. The van der Waals surface area contributed by atoms with Crippen molar-refractivity contribution in [3.63, 3.8) is 0 Å². The average molecular weight is 261 g/mol. The van der Waals surface area contributed by atoms with Crippen LogP contribution in [0, 0.1) is 0 Å². The molecule has 0 aliphatic carbocycles. The molecule has 0 saturated heterocycles. The van der Waals surface area contributed by atoms with E-state index >= 15 is 0 Å². The van der Waals surface area contributed by atoms with Gasteiger partial charge in [0, 0.05) is 0 Å². The van der Waals surface area contributed by atoms with Crippen molar-refractivity contribution in [3.8, 4) is 17.1 Å². The summed E-state index contributed by atoms with van der Waals surface area (Å²) in [7, 11) is 1.86. The zero-order valence-corrected chi connectivity index (χ0v) is 11.7. The summed E-state index contributed by atoms with van der Waals surface area (Å²) < 4.78 is 10.9. The zero-order valence-electron chi connectivity index (χ0n) is 11.7. The Hall–Kier alpha value is -1.88. The first-order valence-corrected chi connectivity index (χ1v) is 6.33. The maximum atomic E-state index is 5.58. The highest BCUT2D eigenvalue weighted by molar-refractivity contribution is 5.63. The van der Waals surface area contributed by atoms with Gasteiger partial charge in [-0.05, 0) is 40.0 Å². The zero-order chi connectivity index (χ0) is 13.9. The second-order valence-corrected chi connectivity index (χ2v) is 4.73. The maximum Gasteiger partial charge on any atom is 0.246 e. The molecule has 0 bridgehead atoms. The standard InChI is InChI=1S/C14H19N3O2/c1-5-18-11-9-7-6-8-10(11)12-16-13(19-17-12)14(2,3)15-4/h6-9,15H,5H2,1-4H3. The van der Waals surface area contributed by atoms with E-state index < -0.39 is 0 Å². The van der Waals surface area contributed by atoms with Crippen LogP contribution in [0.3, 0.4) is 0 Å². The number of benzene rings is 1. The van der Waals surface area contributed by atoms with Gasteiger partial charge in [0.15, 0.2) is 0 Å².